The first-order valence-corrected chi connectivity index (χ1v) is 16.4. The van der Waals surface area contributed by atoms with Gasteiger partial charge in [-0.15, -0.1) is 0 Å². The van der Waals surface area contributed by atoms with Gasteiger partial charge in [-0.1, -0.05) is 97.9 Å². The summed E-state index contributed by atoms with van der Waals surface area (Å²) in [4.78, 5) is 75.0. The molecule has 0 unspecified atom stereocenters. The van der Waals surface area contributed by atoms with E-state index in [1.807, 2.05) is 25.1 Å². The number of Topliss-reactive ketones (excluding diaryl/α,β-unsaturated/α-hetero) is 3. The van der Waals surface area contributed by atoms with Crippen molar-refractivity contribution < 1.29 is 43.0 Å². The lowest BCUT2D eigenvalue weighted by atomic mass is 9.88. The topological polar surface area (TPSA) is 130 Å². The highest BCUT2D eigenvalue weighted by Crippen LogP contribution is 2.26. The number of esters is 3. The number of hydrogen-bond acceptors (Lipinski definition) is 9. The summed E-state index contributed by atoms with van der Waals surface area (Å²) >= 11 is 0. The molecule has 0 spiro atoms. The maximum absolute atomic E-state index is 12.6. The number of rotatable bonds is 22. The minimum absolute atomic E-state index is 0.0167. The first-order chi connectivity index (χ1) is 23.2. The molecule has 0 aliphatic rings. The van der Waals surface area contributed by atoms with Crippen LogP contribution in [0.5, 0.6) is 0 Å². The maximum Gasteiger partial charge on any atom is 0.305 e. The fourth-order valence-corrected chi connectivity index (χ4v) is 4.83. The summed E-state index contributed by atoms with van der Waals surface area (Å²) in [7, 11) is 0. The van der Waals surface area contributed by atoms with Crippen LogP contribution in [0, 0.1) is 5.41 Å². The van der Waals surface area contributed by atoms with Crippen molar-refractivity contribution in [3.63, 3.8) is 0 Å². The first kappa shape index (κ1) is 37.5. The van der Waals surface area contributed by atoms with Gasteiger partial charge in [0.25, 0.3) is 0 Å². The van der Waals surface area contributed by atoms with Crippen LogP contribution in [0.3, 0.4) is 0 Å². The average molecular weight is 657 g/mol. The van der Waals surface area contributed by atoms with Gasteiger partial charge in [0.15, 0.2) is 17.3 Å². The minimum Gasteiger partial charge on any atom is -0.465 e. The quantitative estimate of drug-likeness (QED) is 0.0627. The molecule has 0 amide bonds. The van der Waals surface area contributed by atoms with E-state index < -0.39 is 23.3 Å². The highest BCUT2D eigenvalue weighted by atomic mass is 16.6. The molecule has 0 atom stereocenters. The molecule has 0 N–H and O–H groups in total. The fourth-order valence-electron chi connectivity index (χ4n) is 4.83. The molecule has 9 nitrogen and oxygen atoms in total. The molecule has 0 radical (unpaired) electrons. The highest BCUT2D eigenvalue weighted by Gasteiger charge is 2.34. The van der Waals surface area contributed by atoms with Crippen LogP contribution in [0.2, 0.25) is 0 Å². The zero-order valence-corrected chi connectivity index (χ0v) is 27.5. The second-order valence-electron chi connectivity index (χ2n) is 11.8. The van der Waals surface area contributed by atoms with E-state index in [0.717, 1.165) is 0 Å². The molecule has 0 aliphatic heterocycles. The van der Waals surface area contributed by atoms with Crippen LogP contribution >= 0.6 is 0 Å². The van der Waals surface area contributed by atoms with E-state index in [2.05, 4.69) is 0 Å². The van der Waals surface area contributed by atoms with E-state index in [1.165, 1.54) is 0 Å². The predicted octanol–water partition coefficient (Wildman–Crippen LogP) is 7.17. The number of ketones is 3. The van der Waals surface area contributed by atoms with Crippen LogP contribution in [0.4, 0.5) is 0 Å². The Balaban J connectivity index is 1.51. The Morgan fingerprint density at radius 2 is 0.708 bits per heavy atom. The standard InChI is InChI=1S/C39H44O9/c1-2-39(27-46-36(43)24-12-21-33(40)30-15-6-3-7-16-30,28-47-37(44)25-13-22-34(41)31-17-8-4-9-18-31)29-48-38(45)26-14-23-35(42)32-19-10-5-11-20-32/h3-11,15-20H,2,12-14,21-29H2,1H3. The Morgan fingerprint density at radius 1 is 0.438 bits per heavy atom. The van der Waals surface area contributed by atoms with Crippen LogP contribution in [-0.4, -0.2) is 55.1 Å². The van der Waals surface area contributed by atoms with Gasteiger partial charge >= 0.3 is 17.9 Å². The van der Waals surface area contributed by atoms with Crippen molar-refractivity contribution in [2.75, 3.05) is 19.8 Å². The fraction of sp³-hybridized carbons (Fsp3) is 0.385. The SMILES string of the molecule is CCC(COC(=O)CCCC(=O)c1ccccc1)(COC(=O)CCCC(=O)c1ccccc1)COC(=O)CCCC(=O)c1ccccc1. The van der Waals surface area contributed by atoms with Crippen molar-refractivity contribution in [2.45, 2.75) is 71.1 Å². The molecule has 254 valence electrons. The van der Waals surface area contributed by atoms with Crippen molar-refractivity contribution in [3.8, 4) is 0 Å². The first-order valence-electron chi connectivity index (χ1n) is 16.4. The van der Waals surface area contributed by atoms with Crippen molar-refractivity contribution in [2.24, 2.45) is 5.41 Å². The molecule has 48 heavy (non-hydrogen) atoms. The Bertz CT molecular complexity index is 1310. The molecule has 0 bridgehead atoms. The van der Waals surface area contributed by atoms with E-state index in [1.54, 1.807) is 72.8 Å². The lowest BCUT2D eigenvalue weighted by Gasteiger charge is -2.31. The van der Waals surface area contributed by atoms with Crippen LogP contribution in [0.15, 0.2) is 91.0 Å². The number of benzene rings is 3. The minimum atomic E-state index is -1.01. The van der Waals surface area contributed by atoms with Crippen LogP contribution in [0.1, 0.15) is 102 Å². The van der Waals surface area contributed by atoms with Gasteiger partial charge < -0.3 is 14.2 Å². The normalized spacial score (nSPS) is 10.9. The molecule has 9 heteroatoms. The van der Waals surface area contributed by atoms with Gasteiger partial charge in [-0.2, -0.15) is 0 Å². The molecule has 0 aliphatic carbocycles. The number of carbonyl (C=O) groups excluding carboxylic acids is 6. The van der Waals surface area contributed by atoms with E-state index in [-0.39, 0.29) is 75.7 Å². The third-order valence-corrected chi connectivity index (χ3v) is 8.01. The smallest absolute Gasteiger partial charge is 0.305 e. The lowest BCUT2D eigenvalue weighted by Crippen LogP contribution is -2.39. The summed E-state index contributed by atoms with van der Waals surface area (Å²) in [6, 6.07) is 26.5. The number of ether oxygens (including phenoxy) is 3. The van der Waals surface area contributed by atoms with Crippen molar-refractivity contribution >= 4 is 35.3 Å². The molecule has 3 aromatic rings. The Morgan fingerprint density at radius 3 is 0.958 bits per heavy atom. The van der Waals surface area contributed by atoms with Crippen LogP contribution in [-0.2, 0) is 28.6 Å². The number of hydrogen-bond donors (Lipinski definition) is 0. The lowest BCUT2D eigenvalue weighted by molar-refractivity contribution is -0.162. The zero-order chi connectivity index (χ0) is 34.6. The van der Waals surface area contributed by atoms with E-state index in [0.29, 0.717) is 42.4 Å². The summed E-state index contributed by atoms with van der Waals surface area (Å²) in [5.74, 6) is -1.77. The second-order valence-corrected chi connectivity index (χ2v) is 11.8. The average Bonchev–Trinajstić information content (AvgIpc) is 3.12. The van der Waals surface area contributed by atoms with Crippen molar-refractivity contribution in [1.29, 1.82) is 0 Å². The molecule has 0 heterocycles. The van der Waals surface area contributed by atoms with Crippen molar-refractivity contribution in [3.05, 3.63) is 108 Å². The van der Waals surface area contributed by atoms with E-state index in [4.69, 9.17) is 14.2 Å². The predicted molar refractivity (Wildman–Crippen MR) is 179 cm³/mol. The molecular formula is C39H44O9. The molecule has 0 fully saturated rings. The monoisotopic (exact) mass is 656 g/mol. The Labute approximate surface area is 282 Å². The third kappa shape index (κ3) is 13.4. The summed E-state index contributed by atoms with van der Waals surface area (Å²) in [5, 5.41) is 0. The zero-order valence-electron chi connectivity index (χ0n) is 27.5. The largest absolute Gasteiger partial charge is 0.465 e. The Hall–Kier alpha value is -4.92. The summed E-state index contributed by atoms with van der Waals surface area (Å²) in [6.07, 6.45) is 1.88. The molecular weight excluding hydrogens is 612 g/mol. The third-order valence-electron chi connectivity index (χ3n) is 8.01. The Kier molecular flexibility index (Phi) is 15.9. The van der Waals surface area contributed by atoms with E-state index >= 15 is 0 Å². The summed E-state index contributed by atoms with van der Waals surface area (Å²) in [6.45, 7) is 1.29. The molecule has 0 saturated carbocycles. The van der Waals surface area contributed by atoms with E-state index in [9.17, 15) is 28.8 Å². The van der Waals surface area contributed by atoms with Crippen LogP contribution < -0.4 is 0 Å². The van der Waals surface area contributed by atoms with Gasteiger partial charge in [0.05, 0.1) is 5.41 Å². The van der Waals surface area contributed by atoms with Gasteiger partial charge in [-0.3, -0.25) is 28.8 Å². The summed E-state index contributed by atoms with van der Waals surface area (Å²) < 4.78 is 16.7. The molecule has 0 aromatic heterocycles. The second kappa shape index (κ2) is 20.3. The summed E-state index contributed by atoms with van der Waals surface area (Å²) in [5.41, 5.74) is 0.718. The van der Waals surface area contributed by atoms with Gasteiger partial charge in [0.1, 0.15) is 19.8 Å². The molecule has 3 aromatic carbocycles. The molecule has 3 rings (SSSR count). The van der Waals surface area contributed by atoms with Gasteiger partial charge in [-0.05, 0) is 25.7 Å². The van der Waals surface area contributed by atoms with Gasteiger partial charge in [-0.25, -0.2) is 0 Å². The maximum atomic E-state index is 12.6. The number of carbonyl (C=O) groups is 6. The van der Waals surface area contributed by atoms with Gasteiger partial charge in [0.2, 0.25) is 0 Å². The highest BCUT2D eigenvalue weighted by molar-refractivity contribution is 5.97. The van der Waals surface area contributed by atoms with Gasteiger partial charge in [0, 0.05) is 55.2 Å². The molecule has 0 saturated heterocycles. The van der Waals surface area contributed by atoms with Crippen LogP contribution in [0.25, 0.3) is 0 Å². The van der Waals surface area contributed by atoms with Crippen molar-refractivity contribution in [1.82, 2.24) is 0 Å².